The number of carbonyl (C=O) groups excluding carboxylic acids is 4. The van der Waals surface area contributed by atoms with Gasteiger partial charge in [-0.1, -0.05) is 20.8 Å². The van der Waals surface area contributed by atoms with E-state index in [9.17, 15) is 19.2 Å². The Morgan fingerprint density at radius 3 is 1.80 bits per heavy atom. The van der Waals surface area contributed by atoms with Gasteiger partial charge in [0.25, 0.3) is 0 Å². The zero-order valence-corrected chi connectivity index (χ0v) is 32.6. The van der Waals surface area contributed by atoms with Crippen molar-refractivity contribution >= 4 is 23.9 Å². The largest absolute Gasteiger partial charge is 0.462 e. The second-order valence-corrected chi connectivity index (χ2v) is 18.6. The fourth-order valence-corrected chi connectivity index (χ4v) is 11.8. The van der Waals surface area contributed by atoms with Crippen molar-refractivity contribution in [1.82, 2.24) is 19.5 Å². The number of hydrogen-bond acceptors (Lipinski definition) is 12. The molecular formula is C36H60IN4O8-. The molecule has 13 heteroatoms. The maximum absolute atomic E-state index is 12.5. The fraction of sp³-hybridized carbons (Fsp3) is 0.889. The van der Waals surface area contributed by atoms with Crippen molar-refractivity contribution in [3.63, 3.8) is 0 Å². The SMILES string of the molecule is CC.CC1(C)CN[I-][C@H]1C(=O)OC1CCC(OC(=O)C2[C@H]3C[C@]2(C)CN3)CC1.C[C@@H]1CN[C@H](C)[C@H]1C(=O)OCCOC(=O)[C@H]1[C@H]2CN[C@@H]1C2. The van der Waals surface area contributed by atoms with Gasteiger partial charge in [-0.05, 0) is 38.3 Å². The molecule has 6 saturated heterocycles. The first-order valence-corrected chi connectivity index (χ1v) is 21.0. The monoisotopic (exact) mass is 803 g/mol. The zero-order chi connectivity index (χ0) is 35.5. The van der Waals surface area contributed by atoms with E-state index < -0.39 is 0 Å². The van der Waals surface area contributed by atoms with Crippen LogP contribution in [-0.2, 0) is 38.1 Å². The van der Waals surface area contributed by atoms with Gasteiger partial charge in [-0.25, -0.2) is 0 Å². The van der Waals surface area contributed by atoms with E-state index >= 15 is 0 Å². The van der Waals surface area contributed by atoms with Crippen LogP contribution in [0.3, 0.4) is 0 Å². The molecule has 4 bridgehead atoms. The number of carbonyl (C=O) groups is 4. The van der Waals surface area contributed by atoms with Crippen LogP contribution in [0.15, 0.2) is 0 Å². The van der Waals surface area contributed by atoms with Crippen LogP contribution in [-0.4, -0.2) is 97.5 Å². The van der Waals surface area contributed by atoms with Crippen LogP contribution in [0.2, 0.25) is 0 Å². The van der Waals surface area contributed by atoms with Gasteiger partial charge in [0, 0.05) is 12.1 Å². The van der Waals surface area contributed by atoms with Crippen molar-refractivity contribution in [3.8, 4) is 0 Å². The molecule has 0 aromatic rings. The molecule has 6 heterocycles. The molecule has 0 amide bonds. The summed E-state index contributed by atoms with van der Waals surface area (Å²) in [7, 11) is 0. The molecule has 12 nitrogen and oxygen atoms in total. The number of rotatable bonds is 9. The second-order valence-electron chi connectivity index (χ2n) is 15.9. The first kappa shape index (κ1) is 38.7. The Morgan fingerprint density at radius 2 is 1.35 bits per heavy atom. The quantitative estimate of drug-likeness (QED) is 0.0585. The van der Waals surface area contributed by atoms with Crippen LogP contribution in [0.1, 0.15) is 87.0 Å². The maximum atomic E-state index is 12.5. The Hall–Kier alpha value is -1.55. The molecular weight excluding hydrogens is 743 g/mol. The average molecular weight is 804 g/mol. The fourth-order valence-electron chi connectivity index (χ4n) is 8.74. The average Bonchev–Trinajstić information content (AvgIpc) is 3.90. The number of esters is 4. The summed E-state index contributed by atoms with van der Waals surface area (Å²) in [4.78, 5) is 48.9. The zero-order valence-electron chi connectivity index (χ0n) is 30.5. The van der Waals surface area contributed by atoms with Crippen LogP contribution in [0.4, 0.5) is 0 Å². The van der Waals surface area contributed by atoms with Gasteiger partial charge in [0.05, 0.1) is 11.8 Å². The minimum Gasteiger partial charge on any atom is -0.462 e. The Morgan fingerprint density at radius 1 is 0.735 bits per heavy atom. The van der Waals surface area contributed by atoms with Crippen LogP contribution < -0.4 is 41.0 Å². The number of fused-ring (bicyclic) bond motifs is 2. The van der Waals surface area contributed by atoms with Gasteiger partial charge in [0.1, 0.15) is 13.2 Å². The molecule has 9 rings (SSSR count). The molecule has 0 aromatic carbocycles. The summed E-state index contributed by atoms with van der Waals surface area (Å²) in [6.45, 7) is 18.4. The number of alkyl halides is 1. The predicted octanol–water partition coefficient (Wildman–Crippen LogP) is -0.665. The van der Waals surface area contributed by atoms with Crippen LogP contribution in [0.25, 0.3) is 0 Å². The van der Waals surface area contributed by atoms with Crippen LogP contribution in [0, 0.1) is 40.4 Å². The molecule has 3 aliphatic carbocycles. The molecule has 9 aliphatic rings. The van der Waals surface area contributed by atoms with Gasteiger partial charge in [-0.3, -0.25) is 9.59 Å². The van der Waals surface area contributed by atoms with E-state index in [2.05, 4.69) is 40.3 Å². The molecule has 280 valence electrons. The summed E-state index contributed by atoms with van der Waals surface area (Å²) in [5, 5.41) is 9.95. The summed E-state index contributed by atoms with van der Waals surface area (Å²) in [6.07, 6.45) is 5.33. The Labute approximate surface area is 303 Å². The van der Waals surface area contributed by atoms with Gasteiger partial charge >= 0.3 is 178 Å². The standard InChI is InChI=1S/C19H30IN2O4.C15H24N2O4.C2H6/c1-18(2)9-22-20-15(18)17(24)26-12-6-4-11(5-7-12)25-16(23)14-13-8-19(14,3)10-21-13;1-8-6-16-9(2)12(8)14(18)20-3-4-21-15(19)13-10-5-11(13)17-7-10;1-2/h11-15,21-22H,4-10H2,1-3H3;8-13,16-17H,3-7H2,1-2H3;1-2H3/q-1;;/t11?,12?,13-,14?,15+,19-;8-,9-,10-,11-,12+,13+;/m11./s1. The first-order chi connectivity index (χ1) is 23.4. The Balaban J connectivity index is 0.000000186. The van der Waals surface area contributed by atoms with Crippen LogP contribution >= 0.6 is 0 Å². The number of halogens is 1. The smallest absolute Gasteiger partial charge is 0.310 e. The summed E-state index contributed by atoms with van der Waals surface area (Å²) >= 11 is -0.315. The molecule has 4 N–H and O–H groups in total. The molecule has 1 unspecified atom stereocenters. The van der Waals surface area contributed by atoms with Crippen molar-refractivity contribution in [3.05, 3.63) is 0 Å². The van der Waals surface area contributed by atoms with Crippen LogP contribution in [0.5, 0.6) is 0 Å². The van der Waals surface area contributed by atoms with Gasteiger partial charge < -0.3 is 20.1 Å². The van der Waals surface area contributed by atoms with E-state index in [1.54, 1.807) is 0 Å². The van der Waals surface area contributed by atoms with E-state index in [1.165, 1.54) is 0 Å². The third-order valence-corrected chi connectivity index (χ3v) is 15.5. The normalized spacial score (nSPS) is 40.8. The minimum atomic E-state index is -0.315. The minimum absolute atomic E-state index is 0.00334. The van der Waals surface area contributed by atoms with Crippen molar-refractivity contribution in [2.45, 2.75) is 121 Å². The van der Waals surface area contributed by atoms with E-state index in [0.717, 1.165) is 64.7 Å². The van der Waals surface area contributed by atoms with Crippen molar-refractivity contribution in [1.29, 1.82) is 0 Å². The van der Waals surface area contributed by atoms with Crippen molar-refractivity contribution in [2.75, 3.05) is 39.4 Å². The van der Waals surface area contributed by atoms with Gasteiger partial charge in [-0.15, -0.1) is 0 Å². The van der Waals surface area contributed by atoms with Gasteiger partial charge in [0.15, 0.2) is 0 Å². The number of ether oxygens (including phenoxy) is 4. The summed E-state index contributed by atoms with van der Waals surface area (Å²) in [5.74, 6) is 0.258. The molecule has 10 atom stereocenters. The van der Waals surface area contributed by atoms with Crippen molar-refractivity contribution in [2.24, 2.45) is 40.4 Å². The molecule has 0 spiro atoms. The van der Waals surface area contributed by atoms with Gasteiger partial charge in [0.2, 0.25) is 0 Å². The molecule has 0 aromatic heterocycles. The van der Waals surface area contributed by atoms with E-state index in [0.29, 0.717) is 18.0 Å². The molecule has 0 radical (unpaired) electrons. The first-order valence-electron chi connectivity index (χ1n) is 18.7. The number of nitrogens with one attached hydrogen (secondary N) is 4. The maximum Gasteiger partial charge on any atom is 0.310 e. The molecule has 49 heavy (non-hydrogen) atoms. The molecule has 6 aliphatic heterocycles. The van der Waals surface area contributed by atoms with Gasteiger partial charge in [-0.2, -0.15) is 0 Å². The number of hydrogen-bond donors (Lipinski definition) is 4. The third-order valence-electron chi connectivity index (χ3n) is 11.8. The Bertz CT molecular complexity index is 1130. The van der Waals surface area contributed by atoms with E-state index in [4.69, 9.17) is 18.9 Å². The van der Waals surface area contributed by atoms with E-state index in [-0.39, 0.29) is 115 Å². The van der Waals surface area contributed by atoms with Crippen molar-refractivity contribution < 1.29 is 59.6 Å². The predicted molar refractivity (Wildman–Crippen MR) is 179 cm³/mol. The summed E-state index contributed by atoms with van der Waals surface area (Å²) < 4.78 is 25.5. The topological polar surface area (TPSA) is 153 Å². The second kappa shape index (κ2) is 16.4. The molecule has 9 fully saturated rings. The summed E-state index contributed by atoms with van der Waals surface area (Å²) in [5.41, 5.74) is 0.100. The third kappa shape index (κ3) is 8.58. The summed E-state index contributed by atoms with van der Waals surface area (Å²) in [6, 6.07) is 0.763. The Kier molecular flexibility index (Phi) is 13.0. The molecule has 3 saturated carbocycles. The van der Waals surface area contributed by atoms with E-state index in [1.807, 2.05) is 27.7 Å².